The van der Waals surface area contributed by atoms with Crippen molar-refractivity contribution >= 4 is 0 Å². The van der Waals surface area contributed by atoms with Crippen LogP contribution in [-0.2, 0) is 23.9 Å². The minimum absolute atomic E-state index is 0.0190. The van der Waals surface area contributed by atoms with Gasteiger partial charge in [-0.05, 0) is 78.5 Å². The summed E-state index contributed by atoms with van der Waals surface area (Å²) in [5, 5.41) is 14.5. The molecule has 1 fully saturated rings. The fraction of sp³-hybridized carbons (Fsp3) is 0.500. The maximum absolute atomic E-state index is 14.3. The summed E-state index contributed by atoms with van der Waals surface area (Å²) in [6.07, 6.45) is 12.0. The van der Waals surface area contributed by atoms with Crippen LogP contribution < -0.4 is 5.56 Å². The van der Waals surface area contributed by atoms with E-state index in [-0.39, 0.29) is 16.6 Å². The van der Waals surface area contributed by atoms with Gasteiger partial charge in [0.25, 0.3) is 5.56 Å². The van der Waals surface area contributed by atoms with E-state index >= 15 is 0 Å². The van der Waals surface area contributed by atoms with E-state index in [2.05, 4.69) is 81.1 Å². The Morgan fingerprint density at radius 3 is 2.13 bits per heavy atom. The van der Waals surface area contributed by atoms with Crippen LogP contribution in [0.25, 0.3) is 22.5 Å². The van der Waals surface area contributed by atoms with E-state index in [1.807, 2.05) is 18.2 Å². The highest BCUT2D eigenvalue weighted by atomic mass is 16.1. The summed E-state index contributed by atoms with van der Waals surface area (Å²) in [5.74, 6) is 0.656. The smallest absolute Gasteiger partial charge is 0.271 e. The van der Waals surface area contributed by atoms with Crippen molar-refractivity contribution in [3.63, 3.8) is 0 Å². The Balaban J connectivity index is 1.39. The summed E-state index contributed by atoms with van der Waals surface area (Å²) in [5.41, 5.74) is 6.99. The topological polar surface area (TPSA) is 81.4 Å². The lowest BCUT2D eigenvalue weighted by molar-refractivity contribution is -0.0295. The van der Waals surface area contributed by atoms with Gasteiger partial charge in [0.1, 0.15) is 0 Å². The fourth-order valence-corrected chi connectivity index (χ4v) is 7.33. The van der Waals surface area contributed by atoms with Crippen molar-refractivity contribution < 1.29 is 0 Å². The van der Waals surface area contributed by atoms with Crippen molar-refractivity contribution in [2.45, 2.75) is 102 Å². The van der Waals surface area contributed by atoms with Crippen molar-refractivity contribution in [3.05, 3.63) is 75.7 Å². The van der Waals surface area contributed by atoms with Crippen LogP contribution in [0.3, 0.4) is 0 Å². The monoisotopic (exact) mass is 524 g/mol. The first-order valence-electron chi connectivity index (χ1n) is 14.8. The molecule has 0 unspecified atom stereocenters. The fourth-order valence-electron chi connectivity index (χ4n) is 7.33. The highest BCUT2D eigenvalue weighted by Crippen LogP contribution is 2.52. The van der Waals surface area contributed by atoms with Gasteiger partial charge in [0, 0.05) is 23.2 Å². The first kappa shape index (κ1) is 25.8. The normalized spacial score (nSPS) is 21.8. The van der Waals surface area contributed by atoms with E-state index in [1.165, 1.54) is 36.9 Å². The maximum atomic E-state index is 14.3. The molecule has 2 aliphatic heterocycles. The van der Waals surface area contributed by atoms with E-state index in [1.54, 1.807) is 0 Å². The molecule has 2 aromatic heterocycles. The molecule has 7 heteroatoms. The number of nitrogens with zero attached hydrogens (tertiary/aromatic N) is 5. The Kier molecular flexibility index (Phi) is 6.77. The molecule has 39 heavy (non-hydrogen) atoms. The zero-order valence-electron chi connectivity index (χ0n) is 23.5. The van der Waals surface area contributed by atoms with Gasteiger partial charge in [-0.3, -0.25) is 9.48 Å². The predicted molar refractivity (Wildman–Crippen MR) is 155 cm³/mol. The van der Waals surface area contributed by atoms with E-state index < -0.39 is 0 Å². The number of hydrogen-bond acceptors (Lipinski definition) is 4. The third-order valence-electron chi connectivity index (χ3n) is 9.77. The van der Waals surface area contributed by atoms with E-state index in [9.17, 15) is 4.79 Å². The van der Waals surface area contributed by atoms with Crippen LogP contribution in [0.1, 0.15) is 95.4 Å². The molecular weight excluding hydrogens is 484 g/mol. The summed E-state index contributed by atoms with van der Waals surface area (Å²) in [7, 11) is 0. The van der Waals surface area contributed by atoms with Crippen LogP contribution in [0, 0.1) is 0 Å². The van der Waals surface area contributed by atoms with Crippen molar-refractivity contribution in [1.29, 1.82) is 0 Å². The van der Waals surface area contributed by atoms with E-state index in [0.717, 1.165) is 60.8 Å². The number of unbranched alkanes of at least 4 members (excludes halogenated alkanes) is 2. The molecule has 7 nitrogen and oxygen atoms in total. The Bertz CT molecular complexity index is 1490. The van der Waals surface area contributed by atoms with Crippen LogP contribution >= 0.6 is 0 Å². The number of benzene rings is 2. The third-order valence-corrected chi connectivity index (χ3v) is 9.77. The molecule has 0 spiro atoms. The van der Waals surface area contributed by atoms with Crippen LogP contribution in [0.15, 0.2) is 53.3 Å². The second-order valence-corrected chi connectivity index (χ2v) is 11.6. The minimum atomic E-state index is -0.0190. The molecule has 3 aliphatic rings. The molecule has 7 rings (SSSR count). The zero-order valence-corrected chi connectivity index (χ0v) is 23.5. The number of nitrogens with one attached hydrogen (secondary N) is 1. The van der Waals surface area contributed by atoms with Crippen molar-refractivity contribution in [2.24, 2.45) is 0 Å². The number of rotatable bonds is 10. The minimum Gasteiger partial charge on any atom is -0.280 e. The first-order chi connectivity index (χ1) is 19.1. The number of aromatic amines is 1. The van der Waals surface area contributed by atoms with E-state index in [0.29, 0.717) is 12.2 Å². The molecule has 4 heterocycles. The third kappa shape index (κ3) is 4.17. The summed E-state index contributed by atoms with van der Waals surface area (Å²) >= 11 is 0. The maximum Gasteiger partial charge on any atom is 0.271 e. The average Bonchev–Trinajstić information content (AvgIpc) is 3.63. The second-order valence-electron chi connectivity index (χ2n) is 11.6. The Labute approximate surface area is 230 Å². The van der Waals surface area contributed by atoms with Gasteiger partial charge in [-0.1, -0.05) is 82.1 Å². The standard InChI is InChI=1S/C32H40N6O/c1-4-7-8-13-28-27(30(39)38-32(6-3)20-18-31(5-2,19-21-32)37(28)38)22-23-14-16-24(17-15-23)25-11-9-10-12-26(25)29-33-35-36-34-29/h9-12,14-17H,4-8,13,18-22H2,1-3H3,(H,33,34,35,36). The number of H-pyrrole nitrogens is 1. The quantitative estimate of drug-likeness (QED) is 0.236. The molecule has 1 saturated carbocycles. The van der Waals surface area contributed by atoms with Crippen LogP contribution in [0.2, 0.25) is 0 Å². The molecule has 0 radical (unpaired) electrons. The Morgan fingerprint density at radius 1 is 0.846 bits per heavy atom. The number of tetrazole rings is 1. The van der Waals surface area contributed by atoms with Crippen LogP contribution in [-0.4, -0.2) is 30.0 Å². The lowest BCUT2D eigenvalue weighted by Gasteiger charge is -2.55. The molecule has 1 aliphatic carbocycles. The van der Waals surface area contributed by atoms with Gasteiger partial charge in [0.15, 0.2) is 5.82 Å². The molecule has 204 valence electrons. The lowest BCUT2D eigenvalue weighted by atomic mass is 9.68. The summed E-state index contributed by atoms with van der Waals surface area (Å²) in [6, 6.07) is 16.8. The van der Waals surface area contributed by atoms with Gasteiger partial charge in [-0.15, -0.1) is 5.10 Å². The molecule has 1 N–H and O–H groups in total. The predicted octanol–water partition coefficient (Wildman–Crippen LogP) is 6.62. The van der Waals surface area contributed by atoms with Crippen molar-refractivity contribution in [1.82, 2.24) is 30.0 Å². The van der Waals surface area contributed by atoms with Crippen molar-refractivity contribution in [3.8, 4) is 22.5 Å². The SMILES string of the molecule is CCCCCc1c(Cc2ccc(-c3ccccc3-c3nnn[nH]3)cc2)c(=O)n2n1C1(CC)CCC2(CC)CC1. The average molecular weight is 525 g/mol. The number of aromatic nitrogens is 6. The molecular formula is C32H40N6O. The summed E-state index contributed by atoms with van der Waals surface area (Å²) in [6.45, 7) is 6.85. The van der Waals surface area contributed by atoms with Gasteiger partial charge in [0.2, 0.25) is 0 Å². The van der Waals surface area contributed by atoms with Crippen LogP contribution in [0.4, 0.5) is 0 Å². The molecule has 0 atom stereocenters. The lowest BCUT2D eigenvalue weighted by Crippen LogP contribution is -2.59. The van der Waals surface area contributed by atoms with Gasteiger partial charge >= 0.3 is 0 Å². The van der Waals surface area contributed by atoms with Gasteiger partial charge in [-0.25, -0.2) is 9.78 Å². The van der Waals surface area contributed by atoms with Crippen LogP contribution in [0.5, 0.6) is 0 Å². The molecule has 2 bridgehead atoms. The first-order valence-corrected chi connectivity index (χ1v) is 14.8. The number of hydrogen-bond donors (Lipinski definition) is 1. The molecule has 0 amide bonds. The van der Waals surface area contributed by atoms with Gasteiger partial charge in [-0.2, -0.15) is 0 Å². The Hall–Kier alpha value is -3.48. The molecule has 0 saturated heterocycles. The van der Waals surface area contributed by atoms with Crippen molar-refractivity contribution in [2.75, 3.05) is 0 Å². The second kappa shape index (κ2) is 10.2. The van der Waals surface area contributed by atoms with E-state index in [4.69, 9.17) is 0 Å². The Morgan fingerprint density at radius 2 is 1.51 bits per heavy atom. The number of fused-ring (bicyclic) bond motifs is 2. The zero-order chi connectivity index (χ0) is 27.0. The molecule has 2 aromatic carbocycles. The van der Waals surface area contributed by atoms with Gasteiger partial charge < -0.3 is 0 Å². The highest BCUT2D eigenvalue weighted by Gasteiger charge is 2.52. The highest BCUT2D eigenvalue weighted by molar-refractivity contribution is 5.80. The van der Waals surface area contributed by atoms with Gasteiger partial charge in [0.05, 0.1) is 11.1 Å². The summed E-state index contributed by atoms with van der Waals surface area (Å²) in [4.78, 5) is 14.3. The molecule has 4 aromatic rings. The largest absolute Gasteiger partial charge is 0.280 e. The summed E-state index contributed by atoms with van der Waals surface area (Å²) < 4.78 is 4.78.